The average molecular weight is 413 g/mol. The van der Waals surface area contributed by atoms with E-state index in [9.17, 15) is 13.2 Å². The normalized spacial score (nSPS) is 12.4. The maximum atomic E-state index is 12.9. The van der Waals surface area contributed by atoms with Gasteiger partial charge in [-0.2, -0.15) is 0 Å². The van der Waals surface area contributed by atoms with E-state index in [1.165, 1.54) is 11.0 Å². The van der Waals surface area contributed by atoms with Crippen LogP contribution in [0.1, 0.15) is 40.2 Å². The van der Waals surface area contributed by atoms with Gasteiger partial charge in [0.2, 0.25) is 0 Å². The van der Waals surface area contributed by atoms with Crippen LogP contribution >= 0.6 is 0 Å². The molecule has 1 atom stereocenters. The Balaban J connectivity index is 1.90. The van der Waals surface area contributed by atoms with Gasteiger partial charge >= 0.3 is 0 Å². The third-order valence-electron chi connectivity index (χ3n) is 4.85. The Hall–Kier alpha value is -3.06. The first-order chi connectivity index (χ1) is 13.7. The van der Waals surface area contributed by atoms with Gasteiger partial charge in [0.05, 0.1) is 17.2 Å². The Morgan fingerprint density at radius 3 is 2.48 bits per heavy atom. The maximum absolute atomic E-state index is 12.9. The van der Waals surface area contributed by atoms with Gasteiger partial charge in [-0.15, -0.1) is 0 Å². The molecular formula is C22H24N2O4S. The number of rotatable bonds is 6. The van der Waals surface area contributed by atoms with Gasteiger partial charge < -0.3 is 9.32 Å². The zero-order valence-corrected chi connectivity index (χ0v) is 17.7. The van der Waals surface area contributed by atoms with Crippen molar-refractivity contribution in [2.24, 2.45) is 0 Å². The van der Waals surface area contributed by atoms with Gasteiger partial charge in [-0.25, -0.2) is 8.42 Å². The molecule has 0 radical (unpaired) electrons. The molecule has 3 aromatic rings. The van der Waals surface area contributed by atoms with E-state index in [0.717, 1.165) is 5.56 Å². The summed E-state index contributed by atoms with van der Waals surface area (Å²) >= 11 is 0. The molecule has 6 nitrogen and oxygen atoms in total. The van der Waals surface area contributed by atoms with Crippen LogP contribution < -0.4 is 4.72 Å². The van der Waals surface area contributed by atoms with E-state index in [4.69, 9.17) is 4.42 Å². The molecule has 0 fully saturated rings. The minimum atomic E-state index is -3.85. The Labute approximate surface area is 171 Å². The zero-order chi connectivity index (χ0) is 21.2. The van der Waals surface area contributed by atoms with Crippen LogP contribution in [0.4, 0.5) is 5.69 Å². The molecule has 3 rings (SSSR count). The second kappa shape index (κ2) is 8.13. The molecule has 1 heterocycles. The van der Waals surface area contributed by atoms with E-state index in [-0.39, 0.29) is 16.8 Å². The van der Waals surface area contributed by atoms with Gasteiger partial charge in [-0.05, 0) is 68.3 Å². The number of hydrogen-bond donors (Lipinski definition) is 1. The van der Waals surface area contributed by atoms with Crippen LogP contribution in [0, 0.1) is 13.8 Å². The zero-order valence-electron chi connectivity index (χ0n) is 16.8. The molecule has 1 amide bonds. The van der Waals surface area contributed by atoms with Crippen molar-refractivity contribution in [3.8, 4) is 0 Å². The number of furan rings is 1. The predicted octanol–water partition coefficient (Wildman–Crippen LogP) is 4.53. The van der Waals surface area contributed by atoms with Crippen molar-refractivity contribution in [1.29, 1.82) is 0 Å². The molecule has 0 aliphatic heterocycles. The monoisotopic (exact) mass is 412 g/mol. The number of anilines is 1. The molecule has 1 N–H and O–H groups in total. The number of aryl methyl sites for hydroxylation is 2. The molecule has 29 heavy (non-hydrogen) atoms. The summed E-state index contributed by atoms with van der Waals surface area (Å²) in [5.74, 6) is 0.364. The number of benzene rings is 2. The lowest BCUT2D eigenvalue weighted by Gasteiger charge is -2.23. The van der Waals surface area contributed by atoms with Gasteiger partial charge in [0.1, 0.15) is 5.76 Å². The molecule has 0 bridgehead atoms. The summed E-state index contributed by atoms with van der Waals surface area (Å²) in [6, 6.07) is 15.1. The summed E-state index contributed by atoms with van der Waals surface area (Å²) in [6.45, 7) is 5.44. The second-order valence-electron chi connectivity index (χ2n) is 7.06. The lowest BCUT2D eigenvalue weighted by molar-refractivity contribution is 0.0726. The topological polar surface area (TPSA) is 79.6 Å². The lowest BCUT2D eigenvalue weighted by Crippen LogP contribution is -2.29. The summed E-state index contributed by atoms with van der Waals surface area (Å²) in [5, 5.41) is 0. The number of carbonyl (C=O) groups is 1. The van der Waals surface area contributed by atoms with Gasteiger partial charge in [0.15, 0.2) is 0 Å². The molecule has 152 valence electrons. The summed E-state index contributed by atoms with van der Waals surface area (Å²) in [5.41, 5.74) is 2.27. The smallest absolute Gasteiger partial charge is 0.262 e. The summed E-state index contributed by atoms with van der Waals surface area (Å²) < 4.78 is 33.9. The first kappa shape index (κ1) is 20.7. The standard InChI is InChI=1S/C22H24N2O4S/c1-15-7-5-8-19(13-15)23-29(26,27)21-14-18(11-10-16(21)2)22(25)24(4)17(3)20-9-6-12-28-20/h5-14,17,23H,1-4H3. The Morgan fingerprint density at radius 1 is 1.07 bits per heavy atom. The number of nitrogens with zero attached hydrogens (tertiary/aromatic N) is 1. The van der Waals surface area contributed by atoms with Crippen molar-refractivity contribution in [1.82, 2.24) is 4.90 Å². The van der Waals surface area contributed by atoms with E-state index in [0.29, 0.717) is 22.6 Å². The Kier molecular flexibility index (Phi) is 5.79. The number of sulfonamides is 1. The quantitative estimate of drug-likeness (QED) is 0.645. The fourth-order valence-corrected chi connectivity index (χ4v) is 4.36. The first-order valence-corrected chi connectivity index (χ1v) is 10.7. The van der Waals surface area contributed by atoms with E-state index < -0.39 is 10.0 Å². The number of hydrogen-bond acceptors (Lipinski definition) is 4. The fraction of sp³-hybridized carbons (Fsp3) is 0.227. The van der Waals surface area contributed by atoms with Crippen LogP contribution in [-0.4, -0.2) is 26.3 Å². The number of nitrogens with one attached hydrogen (secondary N) is 1. The molecule has 0 spiro atoms. The first-order valence-electron chi connectivity index (χ1n) is 9.20. The van der Waals surface area contributed by atoms with Crippen molar-refractivity contribution in [3.05, 3.63) is 83.3 Å². The van der Waals surface area contributed by atoms with Gasteiger partial charge in [0, 0.05) is 18.3 Å². The summed E-state index contributed by atoms with van der Waals surface area (Å²) in [7, 11) is -2.18. The highest BCUT2D eigenvalue weighted by Crippen LogP contribution is 2.25. The van der Waals surface area contributed by atoms with E-state index in [2.05, 4.69) is 4.72 Å². The highest BCUT2D eigenvalue weighted by molar-refractivity contribution is 7.92. The molecule has 0 aliphatic rings. The van der Waals surface area contributed by atoms with Gasteiger partial charge in [0.25, 0.3) is 15.9 Å². The van der Waals surface area contributed by atoms with Crippen LogP contribution in [0.15, 0.2) is 70.2 Å². The number of carbonyl (C=O) groups excluding carboxylic acids is 1. The highest BCUT2D eigenvalue weighted by atomic mass is 32.2. The second-order valence-corrected chi connectivity index (χ2v) is 8.71. The van der Waals surface area contributed by atoms with Crippen molar-refractivity contribution < 1.29 is 17.6 Å². The molecule has 1 unspecified atom stereocenters. The predicted molar refractivity (Wildman–Crippen MR) is 112 cm³/mol. The molecular weight excluding hydrogens is 388 g/mol. The van der Waals surface area contributed by atoms with Crippen LogP contribution in [0.5, 0.6) is 0 Å². The van der Waals surface area contributed by atoms with E-state index >= 15 is 0 Å². The molecule has 2 aromatic carbocycles. The maximum Gasteiger partial charge on any atom is 0.262 e. The van der Waals surface area contributed by atoms with E-state index in [1.807, 2.05) is 19.9 Å². The summed E-state index contributed by atoms with van der Waals surface area (Å²) in [4.78, 5) is 14.5. The number of amides is 1. The van der Waals surface area contributed by atoms with Crippen molar-refractivity contribution in [3.63, 3.8) is 0 Å². The van der Waals surface area contributed by atoms with Crippen LogP contribution in [0.25, 0.3) is 0 Å². The SMILES string of the molecule is Cc1cccc(NS(=O)(=O)c2cc(C(=O)N(C)C(C)c3ccco3)ccc2C)c1. The average Bonchev–Trinajstić information content (AvgIpc) is 3.21. The van der Waals surface area contributed by atoms with Crippen LogP contribution in [0.3, 0.4) is 0 Å². The van der Waals surface area contributed by atoms with Gasteiger partial charge in [-0.1, -0.05) is 18.2 Å². The Morgan fingerprint density at radius 2 is 1.83 bits per heavy atom. The molecule has 0 saturated carbocycles. The molecule has 0 saturated heterocycles. The lowest BCUT2D eigenvalue weighted by atomic mass is 10.1. The largest absolute Gasteiger partial charge is 0.467 e. The van der Waals surface area contributed by atoms with E-state index in [1.54, 1.807) is 62.7 Å². The highest BCUT2D eigenvalue weighted by Gasteiger charge is 2.24. The molecule has 0 aliphatic carbocycles. The molecule has 7 heteroatoms. The van der Waals surface area contributed by atoms with Gasteiger partial charge in [-0.3, -0.25) is 9.52 Å². The third kappa shape index (κ3) is 4.51. The third-order valence-corrected chi connectivity index (χ3v) is 6.37. The minimum absolute atomic E-state index is 0.0731. The fourth-order valence-electron chi connectivity index (χ4n) is 3.04. The molecule has 1 aromatic heterocycles. The summed E-state index contributed by atoms with van der Waals surface area (Å²) in [6.07, 6.45) is 1.55. The van der Waals surface area contributed by atoms with Crippen molar-refractivity contribution in [2.45, 2.75) is 31.7 Å². The van der Waals surface area contributed by atoms with Crippen LogP contribution in [0.2, 0.25) is 0 Å². The van der Waals surface area contributed by atoms with Crippen molar-refractivity contribution in [2.75, 3.05) is 11.8 Å². The Bertz CT molecular complexity index is 1120. The van der Waals surface area contributed by atoms with Crippen molar-refractivity contribution >= 4 is 21.6 Å². The van der Waals surface area contributed by atoms with Crippen LogP contribution in [-0.2, 0) is 10.0 Å². The minimum Gasteiger partial charge on any atom is -0.467 e.